The zero-order valence-corrected chi connectivity index (χ0v) is 8.27. The minimum absolute atomic E-state index is 0.759. The first-order valence-corrected chi connectivity index (χ1v) is 4.92. The summed E-state index contributed by atoms with van der Waals surface area (Å²) >= 11 is 0. The number of hydrogen-bond acceptors (Lipinski definition) is 0. The highest BCUT2D eigenvalue weighted by molar-refractivity contribution is 4.28. The molecule has 0 aromatic heterocycles. The van der Waals surface area contributed by atoms with Crippen LogP contribution in [0.4, 0.5) is 0 Å². The molecule has 0 fully saturated rings. The van der Waals surface area contributed by atoms with Crippen molar-refractivity contribution in [3.8, 4) is 0 Å². The quantitative estimate of drug-likeness (QED) is 0.463. The van der Waals surface area contributed by atoms with Crippen LogP contribution in [0.3, 0.4) is 0 Å². The van der Waals surface area contributed by atoms with Crippen molar-refractivity contribution in [3.05, 3.63) is 0 Å². The zero-order chi connectivity index (χ0) is 8.53. The van der Waals surface area contributed by atoms with Gasteiger partial charge in [0.2, 0.25) is 0 Å². The van der Waals surface area contributed by atoms with Crippen molar-refractivity contribution >= 4 is 0 Å². The van der Waals surface area contributed by atoms with E-state index >= 15 is 0 Å². The molecule has 0 amide bonds. The van der Waals surface area contributed by atoms with Crippen LogP contribution >= 0.6 is 0 Å². The zero-order valence-electron chi connectivity index (χ0n) is 8.27. The number of nitrogens with two attached hydrogens (primary N) is 2. The van der Waals surface area contributed by atoms with Gasteiger partial charge in [-0.05, 0) is 20.3 Å². The molecule has 0 aromatic rings. The Morgan fingerprint density at radius 3 is 2.36 bits per heavy atom. The first kappa shape index (κ1) is 10.9. The summed E-state index contributed by atoms with van der Waals surface area (Å²) in [5.41, 5.74) is 0. The van der Waals surface area contributed by atoms with Crippen LogP contribution in [0, 0.1) is 0 Å². The van der Waals surface area contributed by atoms with Gasteiger partial charge in [0.15, 0.2) is 0 Å². The van der Waals surface area contributed by atoms with E-state index < -0.39 is 0 Å². The van der Waals surface area contributed by atoms with Crippen LogP contribution in [0.1, 0.15) is 33.6 Å². The Hall–Kier alpha value is -0.0800. The average Bonchev–Trinajstić information content (AvgIpc) is 1.96. The van der Waals surface area contributed by atoms with Gasteiger partial charge in [0.1, 0.15) is 13.1 Å². The number of unbranched alkanes of at least 4 members (excludes halogenated alkanes) is 1. The number of quaternary nitrogens is 2. The van der Waals surface area contributed by atoms with Gasteiger partial charge in [0.05, 0.1) is 12.6 Å². The Morgan fingerprint density at radius 2 is 1.82 bits per heavy atom. The van der Waals surface area contributed by atoms with E-state index in [1.807, 2.05) is 0 Å². The fourth-order valence-electron chi connectivity index (χ4n) is 1.04. The molecule has 0 aliphatic rings. The summed E-state index contributed by atoms with van der Waals surface area (Å²) in [6, 6.07) is 0.759. The van der Waals surface area contributed by atoms with Crippen molar-refractivity contribution in [2.24, 2.45) is 0 Å². The molecule has 2 heteroatoms. The van der Waals surface area contributed by atoms with Crippen LogP contribution in [0.25, 0.3) is 0 Å². The fraction of sp³-hybridized carbons (Fsp3) is 1.00. The molecule has 0 aliphatic carbocycles. The molecular weight excluding hydrogens is 136 g/mol. The molecule has 11 heavy (non-hydrogen) atoms. The summed E-state index contributed by atoms with van der Waals surface area (Å²) in [7, 11) is 0. The van der Waals surface area contributed by atoms with Crippen LogP contribution in [-0.4, -0.2) is 25.7 Å². The van der Waals surface area contributed by atoms with Gasteiger partial charge in [-0.1, -0.05) is 13.3 Å². The first-order chi connectivity index (χ1) is 5.27. The van der Waals surface area contributed by atoms with Crippen LogP contribution in [-0.2, 0) is 0 Å². The molecule has 0 saturated carbocycles. The number of hydrogen-bond donors (Lipinski definition) is 2. The third kappa shape index (κ3) is 9.92. The predicted octanol–water partition coefficient (Wildman–Crippen LogP) is -0.678. The molecule has 0 atom stereocenters. The van der Waals surface area contributed by atoms with Crippen molar-refractivity contribution < 1.29 is 10.6 Å². The Kier molecular flexibility index (Phi) is 7.96. The standard InChI is InChI=1S/C9H22N2/c1-4-5-6-10-7-8-11-9(2)3/h9-11H,4-8H2,1-3H3/p+2. The molecular formula is C9H24N2+2. The molecule has 0 heterocycles. The smallest absolute Gasteiger partial charge is 0.125 e. The Balaban J connectivity index is 2.80. The maximum Gasteiger partial charge on any atom is 0.125 e. The Labute approximate surface area is 70.8 Å². The molecule has 0 saturated heterocycles. The van der Waals surface area contributed by atoms with Gasteiger partial charge in [-0.15, -0.1) is 0 Å². The lowest BCUT2D eigenvalue weighted by atomic mass is 10.3. The van der Waals surface area contributed by atoms with Crippen molar-refractivity contribution in [3.63, 3.8) is 0 Å². The first-order valence-electron chi connectivity index (χ1n) is 4.92. The van der Waals surface area contributed by atoms with Crippen molar-refractivity contribution in [2.75, 3.05) is 19.6 Å². The van der Waals surface area contributed by atoms with Crippen molar-refractivity contribution in [1.82, 2.24) is 0 Å². The van der Waals surface area contributed by atoms with Crippen LogP contribution < -0.4 is 10.6 Å². The third-order valence-corrected chi connectivity index (χ3v) is 1.77. The lowest BCUT2D eigenvalue weighted by Crippen LogP contribution is -2.96. The van der Waals surface area contributed by atoms with E-state index in [9.17, 15) is 0 Å². The molecule has 2 nitrogen and oxygen atoms in total. The van der Waals surface area contributed by atoms with Crippen LogP contribution in [0.15, 0.2) is 0 Å². The SMILES string of the molecule is CCCC[NH2+]CC[NH2+]C(C)C. The third-order valence-electron chi connectivity index (χ3n) is 1.77. The predicted molar refractivity (Wildman–Crippen MR) is 48.5 cm³/mol. The number of rotatable bonds is 7. The summed E-state index contributed by atoms with van der Waals surface area (Å²) in [6.45, 7) is 10.6. The highest BCUT2D eigenvalue weighted by Crippen LogP contribution is 1.76. The van der Waals surface area contributed by atoms with Gasteiger partial charge < -0.3 is 10.6 Å². The van der Waals surface area contributed by atoms with E-state index in [4.69, 9.17) is 0 Å². The summed E-state index contributed by atoms with van der Waals surface area (Å²) in [6.07, 6.45) is 2.69. The van der Waals surface area contributed by atoms with Crippen molar-refractivity contribution in [1.29, 1.82) is 0 Å². The van der Waals surface area contributed by atoms with Crippen LogP contribution in [0.2, 0.25) is 0 Å². The monoisotopic (exact) mass is 160 g/mol. The summed E-state index contributed by atoms with van der Waals surface area (Å²) < 4.78 is 0. The topological polar surface area (TPSA) is 33.2 Å². The van der Waals surface area contributed by atoms with E-state index in [0.717, 1.165) is 6.04 Å². The van der Waals surface area contributed by atoms with Crippen molar-refractivity contribution in [2.45, 2.75) is 39.7 Å². The van der Waals surface area contributed by atoms with Gasteiger partial charge in [-0.3, -0.25) is 0 Å². The fourth-order valence-corrected chi connectivity index (χ4v) is 1.04. The second kappa shape index (κ2) is 8.02. The average molecular weight is 160 g/mol. The van der Waals surface area contributed by atoms with Gasteiger partial charge in [0, 0.05) is 0 Å². The summed E-state index contributed by atoms with van der Waals surface area (Å²) in [5.74, 6) is 0. The second-order valence-corrected chi connectivity index (χ2v) is 3.49. The molecule has 0 bridgehead atoms. The lowest BCUT2D eigenvalue weighted by Gasteiger charge is -2.03. The second-order valence-electron chi connectivity index (χ2n) is 3.49. The minimum atomic E-state index is 0.759. The van der Waals surface area contributed by atoms with Gasteiger partial charge in [-0.25, -0.2) is 0 Å². The van der Waals surface area contributed by atoms with Gasteiger partial charge >= 0.3 is 0 Å². The minimum Gasteiger partial charge on any atom is -0.342 e. The van der Waals surface area contributed by atoms with E-state index in [0.29, 0.717) is 0 Å². The molecule has 68 valence electrons. The maximum atomic E-state index is 2.42. The van der Waals surface area contributed by atoms with E-state index in [1.54, 1.807) is 0 Å². The summed E-state index contributed by atoms with van der Waals surface area (Å²) in [4.78, 5) is 0. The molecule has 0 radical (unpaired) electrons. The Bertz CT molecular complexity index is 72.0. The maximum absolute atomic E-state index is 2.42. The molecule has 0 aromatic carbocycles. The van der Waals surface area contributed by atoms with Gasteiger partial charge in [-0.2, -0.15) is 0 Å². The molecule has 0 rings (SSSR count). The largest absolute Gasteiger partial charge is 0.342 e. The lowest BCUT2D eigenvalue weighted by molar-refractivity contribution is -0.737. The van der Waals surface area contributed by atoms with E-state index in [1.165, 1.54) is 32.5 Å². The molecule has 4 N–H and O–H groups in total. The molecule has 0 unspecified atom stereocenters. The van der Waals surface area contributed by atoms with Gasteiger partial charge in [0.25, 0.3) is 0 Å². The Morgan fingerprint density at radius 1 is 1.09 bits per heavy atom. The molecule has 0 aliphatic heterocycles. The molecule has 0 spiro atoms. The summed E-state index contributed by atoms with van der Waals surface area (Å²) in [5, 5.41) is 4.81. The normalized spacial score (nSPS) is 10.9. The highest BCUT2D eigenvalue weighted by atomic mass is 14.9. The highest BCUT2D eigenvalue weighted by Gasteiger charge is 1.95. The van der Waals surface area contributed by atoms with Crippen LogP contribution in [0.5, 0.6) is 0 Å². The van der Waals surface area contributed by atoms with E-state index in [2.05, 4.69) is 31.4 Å². The van der Waals surface area contributed by atoms with E-state index in [-0.39, 0.29) is 0 Å².